The number of non-ortho nitro benzene ring substituents is 1. The number of aliphatic hydroxyl groups is 1. The van der Waals surface area contributed by atoms with Crippen LogP contribution < -0.4 is 5.32 Å². The van der Waals surface area contributed by atoms with Crippen molar-refractivity contribution in [3.8, 4) is 0 Å². The van der Waals surface area contributed by atoms with E-state index in [9.17, 15) is 20.0 Å². The smallest absolute Gasteiger partial charge is 0.336 e. The van der Waals surface area contributed by atoms with Crippen molar-refractivity contribution in [1.29, 1.82) is 0 Å². The molecule has 0 fully saturated rings. The zero-order chi connectivity index (χ0) is 18.2. The summed E-state index contributed by atoms with van der Waals surface area (Å²) in [4.78, 5) is 22.2. The van der Waals surface area contributed by atoms with Crippen LogP contribution in [0.3, 0.4) is 0 Å². The van der Waals surface area contributed by atoms with E-state index in [1.165, 1.54) is 24.3 Å². The van der Waals surface area contributed by atoms with Crippen molar-refractivity contribution < 1.29 is 19.6 Å². The van der Waals surface area contributed by atoms with Gasteiger partial charge in [-0.3, -0.25) is 10.1 Å². The Balaban J connectivity index is 2.21. The van der Waals surface area contributed by atoms with Crippen LogP contribution >= 0.6 is 0 Å². The van der Waals surface area contributed by atoms with Gasteiger partial charge in [-0.25, -0.2) is 4.79 Å². The second kappa shape index (κ2) is 8.91. The minimum atomic E-state index is -1.43. The topological polar surface area (TPSA) is 102 Å². The van der Waals surface area contributed by atoms with E-state index in [0.717, 1.165) is 5.56 Å². The van der Waals surface area contributed by atoms with Crippen LogP contribution in [-0.4, -0.2) is 28.7 Å². The lowest BCUT2D eigenvalue weighted by Crippen LogP contribution is -2.38. The molecule has 0 aromatic heterocycles. The fourth-order valence-electron chi connectivity index (χ4n) is 2.40. The van der Waals surface area contributed by atoms with Crippen LogP contribution in [0.4, 0.5) is 5.69 Å². The van der Waals surface area contributed by atoms with Gasteiger partial charge in [-0.15, -0.1) is 0 Å². The summed E-state index contributed by atoms with van der Waals surface area (Å²) in [6, 6.07) is 14.5. The lowest BCUT2D eigenvalue weighted by Gasteiger charge is -2.23. The number of hydrogen-bond donors (Lipinski definition) is 2. The molecule has 2 atom stereocenters. The van der Waals surface area contributed by atoms with Gasteiger partial charge in [0.2, 0.25) is 0 Å². The maximum atomic E-state index is 11.9. The molecule has 2 aromatic carbocycles. The van der Waals surface area contributed by atoms with Crippen molar-refractivity contribution in [2.75, 3.05) is 6.61 Å². The van der Waals surface area contributed by atoms with E-state index in [1.807, 2.05) is 30.3 Å². The highest BCUT2D eigenvalue weighted by Gasteiger charge is 2.28. The predicted octanol–water partition coefficient (Wildman–Crippen LogP) is 2.35. The number of esters is 1. The van der Waals surface area contributed by atoms with Gasteiger partial charge >= 0.3 is 5.97 Å². The Bertz CT molecular complexity index is 703. The van der Waals surface area contributed by atoms with Gasteiger partial charge in [0, 0.05) is 18.7 Å². The normalized spacial score (nSPS) is 13.0. The Morgan fingerprint density at radius 3 is 2.40 bits per heavy atom. The molecule has 0 aliphatic heterocycles. The molecular formula is C18H20N2O5. The molecule has 0 aliphatic rings. The summed E-state index contributed by atoms with van der Waals surface area (Å²) in [7, 11) is 0. The quantitative estimate of drug-likeness (QED) is 0.433. The highest BCUT2D eigenvalue weighted by Crippen LogP contribution is 2.22. The van der Waals surface area contributed by atoms with E-state index in [2.05, 4.69) is 5.32 Å². The van der Waals surface area contributed by atoms with Gasteiger partial charge in [-0.05, 0) is 18.1 Å². The first-order chi connectivity index (χ1) is 12.0. The molecule has 0 saturated heterocycles. The van der Waals surface area contributed by atoms with Gasteiger partial charge in [0.05, 0.1) is 17.6 Å². The Morgan fingerprint density at radius 2 is 1.84 bits per heavy atom. The number of carbonyl (C=O) groups excluding carboxylic acids is 1. The number of benzene rings is 2. The Kier molecular flexibility index (Phi) is 6.62. The average Bonchev–Trinajstić information content (AvgIpc) is 2.63. The number of nitrogens with zero attached hydrogens (tertiary/aromatic N) is 1. The number of hydrogen-bond acceptors (Lipinski definition) is 6. The largest absolute Gasteiger partial charge is 0.464 e. The molecule has 132 valence electrons. The fourth-order valence-corrected chi connectivity index (χ4v) is 2.40. The maximum Gasteiger partial charge on any atom is 0.336 e. The summed E-state index contributed by atoms with van der Waals surface area (Å²) >= 11 is 0. The van der Waals surface area contributed by atoms with Crippen molar-refractivity contribution in [2.45, 2.75) is 25.6 Å². The third kappa shape index (κ3) is 5.10. The van der Waals surface area contributed by atoms with E-state index in [0.29, 0.717) is 12.1 Å². The molecule has 0 aliphatic carbocycles. The van der Waals surface area contributed by atoms with Gasteiger partial charge < -0.3 is 15.2 Å². The van der Waals surface area contributed by atoms with Crippen LogP contribution in [0.1, 0.15) is 24.1 Å². The van der Waals surface area contributed by atoms with Gasteiger partial charge in [0.15, 0.2) is 6.10 Å². The molecule has 0 unspecified atom stereocenters. The predicted molar refractivity (Wildman–Crippen MR) is 91.8 cm³/mol. The summed E-state index contributed by atoms with van der Waals surface area (Å²) in [6.07, 6.45) is -1.43. The first-order valence-corrected chi connectivity index (χ1v) is 7.89. The van der Waals surface area contributed by atoms with Crippen molar-refractivity contribution >= 4 is 11.7 Å². The molecule has 7 nitrogen and oxygen atoms in total. The average molecular weight is 344 g/mol. The van der Waals surface area contributed by atoms with Crippen LogP contribution in [0.15, 0.2) is 54.6 Å². The van der Waals surface area contributed by atoms with Gasteiger partial charge in [-0.2, -0.15) is 0 Å². The van der Waals surface area contributed by atoms with E-state index >= 15 is 0 Å². The second-order valence-corrected chi connectivity index (χ2v) is 5.39. The second-order valence-electron chi connectivity index (χ2n) is 5.39. The molecule has 2 aromatic rings. The molecule has 2 rings (SSSR count). The van der Waals surface area contributed by atoms with Crippen LogP contribution in [0.25, 0.3) is 0 Å². The third-order valence-corrected chi connectivity index (χ3v) is 3.68. The van der Waals surface area contributed by atoms with Gasteiger partial charge in [0.1, 0.15) is 0 Å². The number of ether oxygens (including phenoxy) is 1. The number of aliphatic hydroxyl groups excluding tert-OH is 1. The highest BCUT2D eigenvalue weighted by molar-refractivity contribution is 5.75. The van der Waals surface area contributed by atoms with Gasteiger partial charge in [0.25, 0.3) is 5.69 Å². The van der Waals surface area contributed by atoms with E-state index in [-0.39, 0.29) is 12.3 Å². The molecule has 0 bridgehead atoms. The zero-order valence-corrected chi connectivity index (χ0v) is 13.8. The molecule has 0 heterocycles. The molecule has 2 N–H and O–H groups in total. The van der Waals surface area contributed by atoms with E-state index in [1.54, 1.807) is 6.92 Å². The number of nitro groups is 1. The highest BCUT2D eigenvalue weighted by atomic mass is 16.6. The summed E-state index contributed by atoms with van der Waals surface area (Å²) in [6.45, 7) is 2.23. The van der Waals surface area contributed by atoms with Crippen molar-refractivity contribution in [3.63, 3.8) is 0 Å². The first kappa shape index (κ1) is 18.6. The van der Waals surface area contributed by atoms with E-state index in [4.69, 9.17) is 4.74 Å². The SMILES string of the molecule is CCOC(=O)[C@H](O)[C@H](NCc1ccccc1)c1ccc([N+](=O)[O-])cc1. The molecule has 25 heavy (non-hydrogen) atoms. The number of nitro benzene ring substituents is 1. The van der Waals surface area contributed by atoms with Crippen LogP contribution in [-0.2, 0) is 16.1 Å². The first-order valence-electron chi connectivity index (χ1n) is 7.89. The summed E-state index contributed by atoms with van der Waals surface area (Å²) in [5.74, 6) is -0.744. The minimum absolute atomic E-state index is 0.0591. The van der Waals surface area contributed by atoms with Gasteiger partial charge in [-0.1, -0.05) is 42.5 Å². The molecule has 0 amide bonds. The van der Waals surface area contributed by atoms with Crippen molar-refractivity contribution in [2.24, 2.45) is 0 Å². The van der Waals surface area contributed by atoms with Crippen molar-refractivity contribution in [3.05, 3.63) is 75.8 Å². The molecular weight excluding hydrogens is 324 g/mol. The Hall–Kier alpha value is -2.77. The molecule has 0 radical (unpaired) electrons. The lowest BCUT2D eigenvalue weighted by molar-refractivity contribution is -0.384. The van der Waals surface area contributed by atoms with Crippen LogP contribution in [0, 0.1) is 10.1 Å². The molecule has 0 spiro atoms. The summed E-state index contributed by atoms with van der Waals surface area (Å²) in [5, 5.41) is 24.3. The summed E-state index contributed by atoms with van der Waals surface area (Å²) < 4.78 is 4.88. The lowest BCUT2D eigenvalue weighted by atomic mass is 10.0. The number of carbonyl (C=O) groups is 1. The van der Waals surface area contributed by atoms with Crippen LogP contribution in [0.5, 0.6) is 0 Å². The standard InChI is InChI=1S/C18H20N2O5/c1-2-25-18(22)17(21)16(19-12-13-6-4-3-5-7-13)14-8-10-15(11-9-14)20(23)24/h3-11,16-17,19,21H,2,12H2,1H3/t16-,17-/m1/s1. The third-order valence-electron chi connectivity index (χ3n) is 3.68. The molecule has 0 saturated carbocycles. The Labute approximate surface area is 145 Å². The number of rotatable bonds is 8. The monoisotopic (exact) mass is 344 g/mol. The maximum absolute atomic E-state index is 11.9. The minimum Gasteiger partial charge on any atom is -0.464 e. The van der Waals surface area contributed by atoms with Crippen LogP contribution in [0.2, 0.25) is 0 Å². The van der Waals surface area contributed by atoms with Crippen molar-refractivity contribution in [1.82, 2.24) is 5.32 Å². The van der Waals surface area contributed by atoms with E-state index < -0.39 is 23.0 Å². The fraction of sp³-hybridized carbons (Fsp3) is 0.278. The molecule has 7 heteroatoms. The Morgan fingerprint density at radius 1 is 1.20 bits per heavy atom. The zero-order valence-electron chi connectivity index (χ0n) is 13.8. The summed E-state index contributed by atoms with van der Waals surface area (Å²) in [5.41, 5.74) is 1.48. The number of nitrogens with one attached hydrogen (secondary N) is 1.